The smallest absolute Gasteiger partial charge is 0.234 e. The third-order valence-electron chi connectivity index (χ3n) is 5.60. The number of carbonyl (C=O) groups is 2. The van der Waals surface area contributed by atoms with Crippen LogP contribution in [0.1, 0.15) is 20.8 Å². The highest BCUT2D eigenvalue weighted by molar-refractivity contribution is 8.01. The van der Waals surface area contributed by atoms with Crippen molar-refractivity contribution < 1.29 is 9.59 Å². The van der Waals surface area contributed by atoms with Crippen LogP contribution in [-0.4, -0.2) is 53.6 Å². The van der Waals surface area contributed by atoms with E-state index in [0.717, 1.165) is 53.2 Å². The molecule has 0 spiro atoms. The number of amides is 2. The summed E-state index contributed by atoms with van der Waals surface area (Å²) in [5.74, 6) is 0.466. The first-order valence-electron chi connectivity index (χ1n) is 11.4. The van der Waals surface area contributed by atoms with Crippen LogP contribution in [0.3, 0.4) is 0 Å². The zero-order valence-corrected chi connectivity index (χ0v) is 21.4. The van der Waals surface area contributed by atoms with Crippen molar-refractivity contribution >= 4 is 46.3 Å². The molecule has 1 saturated heterocycles. The lowest BCUT2D eigenvalue weighted by Crippen LogP contribution is -2.51. The second kappa shape index (κ2) is 10.6. The predicted octanol–water partition coefficient (Wildman–Crippen LogP) is 5.24. The summed E-state index contributed by atoms with van der Waals surface area (Å²) >= 11 is 3.00. The molecule has 2 heterocycles. The summed E-state index contributed by atoms with van der Waals surface area (Å²) in [4.78, 5) is 33.8. The van der Waals surface area contributed by atoms with Crippen molar-refractivity contribution in [3.05, 3.63) is 60.0 Å². The van der Waals surface area contributed by atoms with Gasteiger partial charge in [-0.15, -0.1) is 11.3 Å². The average Bonchev–Trinajstić information content (AvgIpc) is 3.32. The second-order valence-electron chi connectivity index (χ2n) is 9.28. The highest BCUT2D eigenvalue weighted by atomic mass is 32.2. The Morgan fingerprint density at radius 2 is 1.68 bits per heavy atom. The van der Waals surface area contributed by atoms with E-state index in [4.69, 9.17) is 0 Å². The first kappa shape index (κ1) is 24.3. The lowest BCUT2D eigenvalue weighted by Gasteiger charge is -2.38. The van der Waals surface area contributed by atoms with Gasteiger partial charge in [0.1, 0.15) is 0 Å². The van der Waals surface area contributed by atoms with Crippen LogP contribution < -0.4 is 10.2 Å². The Bertz CT molecular complexity index is 1120. The van der Waals surface area contributed by atoms with Crippen molar-refractivity contribution in [2.75, 3.05) is 42.1 Å². The molecule has 0 bridgehead atoms. The van der Waals surface area contributed by atoms with E-state index >= 15 is 0 Å². The zero-order chi connectivity index (χ0) is 24.1. The molecule has 1 N–H and O–H groups in total. The van der Waals surface area contributed by atoms with Crippen molar-refractivity contribution in [2.45, 2.75) is 25.1 Å². The number of hydrogen-bond donors (Lipinski definition) is 1. The number of anilines is 2. The Hall–Kier alpha value is -2.84. The fourth-order valence-electron chi connectivity index (χ4n) is 3.79. The Kier molecular flexibility index (Phi) is 7.58. The monoisotopic (exact) mass is 494 g/mol. The minimum atomic E-state index is -0.343. The van der Waals surface area contributed by atoms with Crippen LogP contribution in [0, 0.1) is 5.41 Å². The molecule has 2 aromatic carbocycles. The first-order chi connectivity index (χ1) is 16.3. The maximum Gasteiger partial charge on any atom is 0.234 e. The van der Waals surface area contributed by atoms with Gasteiger partial charge in [-0.2, -0.15) is 0 Å². The summed E-state index contributed by atoms with van der Waals surface area (Å²) in [6, 6.07) is 18.0. The average molecular weight is 495 g/mol. The molecular formula is C26H30N4O2S2. The Balaban J connectivity index is 1.24. The molecule has 1 aliphatic heterocycles. The summed E-state index contributed by atoms with van der Waals surface area (Å²) in [6.07, 6.45) is 0. The Morgan fingerprint density at radius 1 is 1.00 bits per heavy atom. The summed E-state index contributed by atoms with van der Waals surface area (Å²) in [5.41, 5.74) is 3.56. The topological polar surface area (TPSA) is 65.5 Å². The van der Waals surface area contributed by atoms with Crippen molar-refractivity contribution in [1.82, 2.24) is 9.88 Å². The fourth-order valence-corrected chi connectivity index (χ4v) is 5.42. The minimum absolute atomic E-state index is 0.0523. The number of piperazine rings is 1. The first-order valence-corrected chi connectivity index (χ1v) is 13.2. The van der Waals surface area contributed by atoms with Crippen molar-refractivity contribution in [3.8, 4) is 11.3 Å². The second-order valence-corrected chi connectivity index (χ2v) is 11.4. The quantitative estimate of drug-likeness (QED) is 0.475. The van der Waals surface area contributed by atoms with Crippen LogP contribution in [0.15, 0.2) is 64.3 Å². The molecule has 4 rings (SSSR count). The molecule has 178 valence electrons. The molecule has 0 atom stereocenters. The number of aromatic nitrogens is 1. The molecule has 6 nitrogen and oxygen atoms in total. The van der Waals surface area contributed by atoms with Gasteiger partial charge in [-0.3, -0.25) is 9.59 Å². The normalized spacial score (nSPS) is 14.2. The van der Waals surface area contributed by atoms with Gasteiger partial charge < -0.3 is 15.1 Å². The minimum Gasteiger partial charge on any atom is -0.368 e. The van der Waals surface area contributed by atoms with E-state index in [1.165, 1.54) is 11.8 Å². The molecular weight excluding hydrogens is 464 g/mol. The van der Waals surface area contributed by atoms with Crippen molar-refractivity contribution in [3.63, 3.8) is 0 Å². The van der Waals surface area contributed by atoms with Crippen LogP contribution in [-0.2, 0) is 9.59 Å². The number of thioether (sulfide) groups is 1. The molecule has 1 aromatic heterocycles. The number of benzene rings is 2. The summed E-state index contributed by atoms with van der Waals surface area (Å²) in [7, 11) is 0. The number of nitrogens with zero attached hydrogens (tertiary/aromatic N) is 3. The van der Waals surface area contributed by atoms with Crippen LogP contribution in [0.5, 0.6) is 0 Å². The van der Waals surface area contributed by atoms with Gasteiger partial charge in [0.15, 0.2) is 4.34 Å². The molecule has 8 heteroatoms. The van der Waals surface area contributed by atoms with Gasteiger partial charge in [-0.05, 0) is 24.3 Å². The van der Waals surface area contributed by atoms with E-state index in [1.54, 1.807) is 11.3 Å². The Morgan fingerprint density at radius 3 is 2.32 bits per heavy atom. The van der Waals surface area contributed by atoms with Crippen LogP contribution in [0.2, 0.25) is 0 Å². The van der Waals surface area contributed by atoms with E-state index in [9.17, 15) is 9.59 Å². The SMILES string of the molecule is CC(C)(C)C(=O)N1CCN(c2ccc(NC(=O)CSc3nc(-c4ccccc4)cs3)cc2)CC1. The highest BCUT2D eigenvalue weighted by Crippen LogP contribution is 2.28. The molecule has 3 aromatic rings. The van der Waals surface area contributed by atoms with Crippen molar-refractivity contribution in [1.29, 1.82) is 0 Å². The van der Waals surface area contributed by atoms with E-state index in [-0.39, 0.29) is 17.2 Å². The van der Waals surface area contributed by atoms with E-state index in [1.807, 2.05) is 85.6 Å². The van der Waals surface area contributed by atoms with Crippen molar-refractivity contribution in [2.24, 2.45) is 5.41 Å². The van der Waals surface area contributed by atoms with Gasteiger partial charge in [0.25, 0.3) is 0 Å². The van der Waals surface area contributed by atoms with E-state index in [2.05, 4.69) is 15.2 Å². The molecule has 0 radical (unpaired) electrons. The third kappa shape index (κ3) is 6.18. The fraction of sp³-hybridized carbons (Fsp3) is 0.346. The lowest BCUT2D eigenvalue weighted by molar-refractivity contribution is -0.139. The summed E-state index contributed by atoms with van der Waals surface area (Å²) in [6.45, 7) is 8.97. The van der Waals surface area contributed by atoms with Gasteiger partial charge in [-0.1, -0.05) is 62.9 Å². The number of thiazole rings is 1. The summed E-state index contributed by atoms with van der Waals surface area (Å²) < 4.78 is 0.883. The number of hydrogen-bond acceptors (Lipinski definition) is 6. The number of rotatable bonds is 6. The lowest BCUT2D eigenvalue weighted by atomic mass is 9.94. The van der Waals surface area contributed by atoms with Gasteiger partial charge in [0.2, 0.25) is 11.8 Å². The zero-order valence-electron chi connectivity index (χ0n) is 19.8. The standard InChI is InChI=1S/C26H30N4O2S2/c1-26(2,3)24(32)30-15-13-29(14-16-30)21-11-9-20(10-12-21)27-23(31)18-34-25-28-22(17-33-25)19-7-5-4-6-8-19/h4-12,17H,13-16,18H2,1-3H3,(H,27,31). The highest BCUT2D eigenvalue weighted by Gasteiger charge is 2.29. The van der Waals surface area contributed by atoms with Gasteiger partial charge in [0, 0.05) is 53.9 Å². The third-order valence-corrected chi connectivity index (χ3v) is 7.63. The van der Waals surface area contributed by atoms with E-state index in [0.29, 0.717) is 5.75 Å². The molecule has 0 aliphatic carbocycles. The van der Waals surface area contributed by atoms with Crippen LogP contribution >= 0.6 is 23.1 Å². The predicted molar refractivity (Wildman–Crippen MR) is 142 cm³/mol. The maximum atomic E-state index is 12.5. The van der Waals surface area contributed by atoms with Gasteiger partial charge in [-0.25, -0.2) is 4.98 Å². The van der Waals surface area contributed by atoms with Crippen LogP contribution in [0.25, 0.3) is 11.3 Å². The number of carbonyl (C=O) groups excluding carboxylic acids is 2. The van der Waals surface area contributed by atoms with Gasteiger partial charge in [0.05, 0.1) is 11.4 Å². The maximum absolute atomic E-state index is 12.5. The van der Waals surface area contributed by atoms with Gasteiger partial charge >= 0.3 is 0 Å². The molecule has 1 aliphatic rings. The molecule has 2 amide bonds. The number of nitrogens with one attached hydrogen (secondary N) is 1. The Labute approximate surface area is 209 Å². The van der Waals surface area contributed by atoms with E-state index < -0.39 is 0 Å². The van der Waals surface area contributed by atoms with Crippen LogP contribution in [0.4, 0.5) is 11.4 Å². The molecule has 34 heavy (non-hydrogen) atoms. The summed E-state index contributed by atoms with van der Waals surface area (Å²) in [5, 5.41) is 4.99. The largest absolute Gasteiger partial charge is 0.368 e. The molecule has 1 fully saturated rings. The molecule has 0 unspecified atom stereocenters. The molecule has 0 saturated carbocycles.